The first-order valence-corrected chi connectivity index (χ1v) is 10.3. The predicted molar refractivity (Wildman–Crippen MR) is 110 cm³/mol. The highest BCUT2D eigenvalue weighted by atomic mass is 35.5. The van der Waals surface area contributed by atoms with Gasteiger partial charge in [-0.1, -0.05) is 29.4 Å². The summed E-state index contributed by atoms with van der Waals surface area (Å²) in [6.45, 7) is 3.87. The molecule has 0 aliphatic heterocycles. The zero-order valence-electron chi connectivity index (χ0n) is 15.5. The molecule has 4 rings (SSSR count). The molecule has 10 heteroatoms. The quantitative estimate of drug-likeness (QED) is 0.434. The third kappa shape index (κ3) is 3.47. The van der Waals surface area contributed by atoms with Crippen molar-refractivity contribution in [1.29, 1.82) is 0 Å². The average molecular weight is 418 g/mol. The van der Waals surface area contributed by atoms with Gasteiger partial charge in [-0.25, -0.2) is 4.68 Å². The van der Waals surface area contributed by atoms with Crippen molar-refractivity contribution in [2.75, 3.05) is 16.9 Å². The molecule has 0 unspecified atom stereocenters. The van der Waals surface area contributed by atoms with Crippen LogP contribution in [0.3, 0.4) is 0 Å². The Morgan fingerprint density at radius 1 is 1.36 bits per heavy atom. The van der Waals surface area contributed by atoms with E-state index in [0.717, 1.165) is 47.3 Å². The molecule has 1 aromatic carbocycles. The number of carbonyl (C=O) groups is 1. The zero-order chi connectivity index (χ0) is 19.8. The number of nitrogens with two attached hydrogens (primary N) is 1. The topological polar surface area (TPSA) is 115 Å². The third-order valence-corrected chi connectivity index (χ3v) is 5.95. The molecular weight excluding hydrogens is 398 g/mol. The molecule has 0 atom stereocenters. The number of aromatic nitrogens is 5. The van der Waals surface area contributed by atoms with E-state index in [1.54, 1.807) is 0 Å². The van der Waals surface area contributed by atoms with Crippen molar-refractivity contribution >= 4 is 35.0 Å². The number of aromatic amines is 1. The lowest BCUT2D eigenvalue weighted by Crippen LogP contribution is -2.17. The van der Waals surface area contributed by atoms with Crippen LogP contribution in [0.25, 0.3) is 11.5 Å². The lowest BCUT2D eigenvalue weighted by atomic mass is 10.1. The highest BCUT2D eigenvalue weighted by Gasteiger charge is 2.24. The largest absolute Gasteiger partial charge is 0.335 e. The molecule has 28 heavy (non-hydrogen) atoms. The van der Waals surface area contributed by atoms with Crippen LogP contribution in [0.4, 0.5) is 5.69 Å². The van der Waals surface area contributed by atoms with Gasteiger partial charge in [-0.2, -0.15) is 5.10 Å². The molecular formula is C18H20ClN7OS. The van der Waals surface area contributed by atoms with E-state index in [-0.39, 0.29) is 11.7 Å². The van der Waals surface area contributed by atoms with E-state index in [2.05, 4.69) is 25.7 Å². The van der Waals surface area contributed by atoms with Crippen LogP contribution < -0.4 is 11.2 Å². The van der Waals surface area contributed by atoms with Gasteiger partial charge in [0.25, 0.3) is 0 Å². The number of carbonyl (C=O) groups excluding carboxylic acids is 1. The molecule has 1 amide bonds. The van der Waals surface area contributed by atoms with Crippen molar-refractivity contribution in [3.05, 3.63) is 39.5 Å². The van der Waals surface area contributed by atoms with Gasteiger partial charge < -0.3 is 11.2 Å². The first kappa shape index (κ1) is 18.8. The van der Waals surface area contributed by atoms with E-state index in [9.17, 15) is 4.79 Å². The number of hydrogen-bond acceptors (Lipinski definition) is 6. The summed E-state index contributed by atoms with van der Waals surface area (Å²) in [5, 5.41) is 19.5. The van der Waals surface area contributed by atoms with Crippen molar-refractivity contribution in [1.82, 2.24) is 25.1 Å². The number of amides is 1. The Kier molecular flexibility index (Phi) is 5.03. The Labute approximate surface area is 171 Å². The monoisotopic (exact) mass is 417 g/mol. The Morgan fingerprint density at radius 2 is 2.18 bits per heavy atom. The van der Waals surface area contributed by atoms with E-state index in [1.165, 1.54) is 16.4 Å². The molecule has 0 fully saturated rings. The number of thioether (sulfide) groups is 1. The summed E-state index contributed by atoms with van der Waals surface area (Å²) in [5.74, 6) is 6.60. The summed E-state index contributed by atoms with van der Waals surface area (Å²) in [4.78, 5) is 12.4. The number of aryl methyl sites for hydroxylation is 3. The number of H-pyrrole nitrogens is 1. The van der Waals surface area contributed by atoms with Gasteiger partial charge in [0.05, 0.1) is 16.5 Å². The van der Waals surface area contributed by atoms with Crippen LogP contribution in [-0.4, -0.2) is 36.7 Å². The van der Waals surface area contributed by atoms with Crippen molar-refractivity contribution in [2.24, 2.45) is 0 Å². The number of rotatable bonds is 5. The SMILES string of the molecule is Cc1cc(C)c(NC(=O)CSc2nnc(-c3n[nH]c4c3CCC4)n2N)c(Cl)c1. The van der Waals surface area contributed by atoms with E-state index >= 15 is 0 Å². The second-order valence-electron chi connectivity index (χ2n) is 6.83. The highest BCUT2D eigenvalue weighted by Crippen LogP contribution is 2.30. The molecule has 0 saturated carbocycles. The molecule has 2 heterocycles. The fraction of sp³-hybridized carbons (Fsp3) is 0.333. The number of nitrogen functional groups attached to an aromatic ring is 1. The standard InChI is InChI=1S/C18H20ClN7OS/c1-9-6-10(2)15(12(19)7-9)21-14(27)8-28-18-25-24-17(26(18)20)16-11-4-3-5-13(11)22-23-16/h6-7H,3-5,8,20H2,1-2H3,(H,21,27)(H,22,23). The second kappa shape index (κ2) is 7.48. The molecule has 3 aromatic rings. The minimum absolute atomic E-state index is 0.137. The van der Waals surface area contributed by atoms with Crippen molar-refractivity contribution in [3.63, 3.8) is 0 Å². The van der Waals surface area contributed by atoms with E-state index in [1.807, 2.05) is 26.0 Å². The van der Waals surface area contributed by atoms with Crippen molar-refractivity contribution in [3.8, 4) is 11.5 Å². The number of nitrogens with zero attached hydrogens (tertiary/aromatic N) is 4. The molecule has 1 aliphatic rings. The number of nitrogens with one attached hydrogen (secondary N) is 2. The van der Waals surface area contributed by atoms with E-state index in [0.29, 0.717) is 21.7 Å². The molecule has 8 nitrogen and oxygen atoms in total. The molecule has 0 radical (unpaired) electrons. The minimum Gasteiger partial charge on any atom is -0.335 e. The zero-order valence-corrected chi connectivity index (χ0v) is 17.1. The normalized spacial score (nSPS) is 13.0. The summed E-state index contributed by atoms with van der Waals surface area (Å²) in [7, 11) is 0. The van der Waals surface area contributed by atoms with Crippen LogP contribution >= 0.6 is 23.4 Å². The maximum absolute atomic E-state index is 12.4. The van der Waals surface area contributed by atoms with Gasteiger partial charge in [0.15, 0.2) is 0 Å². The Morgan fingerprint density at radius 3 is 2.96 bits per heavy atom. The van der Waals surface area contributed by atoms with Crippen LogP contribution in [-0.2, 0) is 17.6 Å². The lowest BCUT2D eigenvalue weighted by Gasteiger charge is -2.11. The highest BCUT2D eigenvalue weighted by molar-refractivity contribution is 7.99. The minimum atomic E-state index is -0.191. The molecule has 4 N–H and O–H groups in total. The number of hydrogen-bond donors (Lipinski definition) is 3. The summed E-state index contributed by atoms with van der Waals surface area (Å²) >= 11 is 7.46. The maximum atomic E-state index is 12.4. The fourth-order valence-corrected chi connectivity index (χ4v) is 4.45. The van der Waals surface area contributed by atoms with E-state index in [4.69, 9.17) is 17.4 Å². The predicted octanol–water partition coefficient (Wildman–Crippen LogP) is 2.87. The number of halogens is 1. The van der Waals surface area contributed by atoms with Gasteiger partial charge in [0.2, 0.25) is 16.9 Å². The van der Waals surface area contributed by atoms with Gasteiger partial charge >= 0.3 is 0 Å². The first-order valence-electron chi connectivity index (χ1n) is 8.90. The van der Waals surface area contributed by atoms with Gasteiger partial charge in [0.1, 0.15) is 5.69 Å². The molecule has 0 bridgehead atoms. The Hall–Kier alpha value is -2.52. The van der Waals surface area contributed by atoms with Gasteiger partial charge in [-0.15, -0.1) is 10.2 Å². The molecule has 2 aromatic heterocycles. The fourth-order valence-electron chi connectivity index (χ4n) is 3.42. The van der Waals surface area contributed by atoms with Gasteiger partial charge in [0, 0.05) is 11.3 Å². The molecule has 0 spiro atoms. The second-order valence-corrected chi connectivity index (χ2v) is 8.18. The summed E-state index contributed by atoms with van der Waals surface area (Å²) < 4.78 is 1.39. The van der Waals surface area contributed by atoms with Crippen LogP contribution in [0, 0.1) is 13.8 Å². The van der Waals surface area contributed by atoms with Crippen LogP contribution in [0.15, 0.2) is 17.3 Å². The number of benzene rings is 1. The summed E-state index contributed by atoms with van der Waals surface area (Å²) in [6.07, 6.45) is 3.04. The van der Waals surface area contributed by atoms with Crippen molar-refractivity contribution in [2.45, 2.75) is 38.3 Å². The Bertz CT molecular complexity index is 1040. The van der Waals surface area contributed by atoms with Gasteiger partial charge in [-0.05, 0) is 50.3 Å². The van der Waals surface area contributed by atoms with Crippen molar-refractivity contribution < 1.29 is 4.79 Å². The third-order valence-electron chi connectivity index (χ3n) is 4.71. The molecule has 1 aliphatic carbocycles. The molecule has 146 valence electrons. The van der Waals surface area contributed by atoms with Crippen LogP contribution in [0.1, 0.15) is 28.8 Å². The Balaban J connectivity index is 1.44. The summed E-state index contributed by atoms with van der Waals surface area (Å²) in [6, 6.07) is 3.79. The average Bonchev–Trinajstić information content (AvgIpc) is 3.33. The lowest BCUT2D eigenvalue weighted by molar-refractivity contribution is -0.113. The number of fused-ring (bicyclic) bond motifs is 1. The molecule has 0 saturated heterocycles. The van der Waals surface area contributed by atoms with Crippen LogP contribution in [0.5, 0.6) is 0 Å². The smallest absolute Gasteiger partial charge is 0.234 e. The number of anilines is 1. The van der Waals surface area contributed by atoms with Gasteiger partial charge in [-0.3, -0.25) is 9.89 Å². The first-order chi connectivity index (χ1) is 13.4. The van der Waals surface area contributed by atoms with Crippen LogP contribution in [0.2, 0.25) is 5.02 Å². The maximum Gasteiger partial charge on any atom is 0.234 e. The summed E-state index contributed by atoms with van der Waals surface area (Å²) in [5.41, 5.74) is 5.61. The van der Waals surface area contributed by atoms with E-state index < -0.39 is 0 Å².